The molecule has 214 valence electrons. The number of benzene rings is 4. The standard InChI is InChI=1S/C35H20F3N3O3/c36-35(37,38)29-17-26(11-12-27(29)20-5-7-21(8-6-20)34(43)44)41-32(42)14-10-24-18-40-31-13-9-22(16-28(31)33(24)41)25-15-23-3-1-2-4-30(23)39-19-25/h1-19H,(H,43,44). The van der Waals surface area contributed by atoms with Gasteiger partial charge < -0.3 is 5.11 Å². The highest BCUT2D eigenvalue weighted by atomic mass is 19.4. The van der Waals surface area contributed by atoms with Crippen LogP contribution in [-0.4, -0.2) is 25.6 Å². The Labute approximate surface area is 247 Å². The van der Waals surface area contributed by atoms with E-state index >= 15 is 0 Å². The van der Waals surface area contributed by atoms with Gasteiger partial charge in [0.25, 0.3) is 5.56 Å². The lowest BCUT2D eigenvalue weighted by atomic mass is 9.97. The molecular formula is C35H20F3N3O3. The number of hydrogen-bond donors (Lipinski definition) is 1. The molecule has 0 aliphatic carbocycles. The van der Waals surface area contributed by atoms with Crippen LogP contribution in [0.2, 0.25) is 0 Å². The number of pyridine rings is 3. The molecule has 0 unspecified atom stereocenters. The van der Waals surface area contributed by atoms with Crippen LogP contribution in [0.3, 0.4) is 0 Å². The van der Waals surface area contributed by atoms with Gasteiger partial charge >= 0.3 is 12.1 Å². The van der Waals surface area contributed by atoms with Crippen molar-refractivity contribution in [3.63, 3.8) is 0 Å². The van der Waals surface area contributed by atoms with Gasteiger partial charge in [-0.25, -0.2) is 4.79 Å². The average Bonchev–Trinajstić information content (AvgIpc) is 3.03. The molecule has 3 aromatic heterocycles. The number of fused-ring (bicyclic) bond motifs is 4. The smallest absolute Gasteiger partial charge is 0.417 e. The van der Waals surface area contributed by atoms with Crippen LogP contribution in [0.4, 0.5) is 13.2 Å². The summed E-state index contributed by atoms with van der Waals surface area (Å²) in [5.41, 5.74) is 2.08. The second-order valence-corrected chi connectivity index (χ2v) is 10.3. The normalized spacial score (nSPS) is 11.8. The molecule has 7 aromatic rings. The largest absolute Gasteiger partial charge is 0.478 e. The maximum atomic E-state index is 14.5. The van der Waals surface area contributed by atoms with Crippen molar-refractivity contribution < 1.29 is 23.1 Å². The molecule has 0 aliphatic rings. The van der Waals surface area contributed by atoms with Gasteiger partial charge in [0.2, 0.25) is 0 Å². The number of para-hydroxylation sites is 1. The van der Waals surface area contributed by atoms with Crippen molar-refractivity contribution in [2.24, 2.45) is 0 Å². The van der Waals surface area contributed by atoms with Gasteiger partial charge in [-0.3, -0.25) is 19.3 Å². The number of carboxylic acids is 1. The summed E-state index contributed by atoms with van der Waals surface area (Å²) < 4.78 is 44.6. The van der Waals surface area contributed by atoms with Crippen molar-refractivity contribution in [3.8, 4) is 27.9 Å². The van der Waals surface area contributed by atoms with Crippen molar-refractivity contribution in [2.75, 3.05) is 0 Å². The first kappa shape index (κ1) is 27.0. The van der Waals surface area contributed by atoms with Crippen molar-refractivity contribution >= 4 is 38.7 Å². The molecule has 3 heterocycles. The van der Waals surface area contributed by atoms with Gasteiger partial charge in [-0.2, -0.15) is 13.2 Å². The highest BCUT2D eigenvalue weighted by Crippen LogP contribution is 2.39. The number of carbonyl (C=O) groups is 1. The van der Waals surface area contributed by atoms with E-state index in [-0.39, 0.29) is 22.4 Å². The van der Waals surface area contributed by atoms with Gasteiger partial charge in [0, 0.05) is 45.9 Å². The summed E-state index contributed by atoms with van der Waals surface area (Å²) in [7, 11) is 0. The lowest BCUT2D eigenvalue weighted by molar-refractivity contribution is -0.137. The maximum absolute atomic E-state index is 14.5. The number of aromatic nitrogens is 3. The molecule has 6 nitrogen and oxygen atoms in total. The molecule has 0 amide bonds. The molecule has 9 heteroatoms. The fourth-order valence-electron chi connectivity index (χ4n) is 5.53. The third kappa shape index (κ3) is 4.64. The van der Waals surface area contributed by atoms with E-state index in [2.05, 4.69) is 9.97 Å². The highest BCUT2D eigenvalue weighted by molar-refractivity contribution is 6.05. The van der Waals surface area contributed by atoms with Crippen LogP contribution in [0.25, 0.3) is 60.6 Å². The summed E-state index contributed by atoms with van der Waals surface area (Å²) in [5.74, 6) is -1.18. The predicted octanol–water partition coefficient (Wildman–Crippen LogP) is 8.14. The van der Waals surface area contributed by atoms with Gasteiger partial charge in [-0.15, -0.1) is 0 Å². The molecule has 4 aromatic carbocycles. The van der Waals surface area contributed by atoms with E-state index < -0.39 is 23.3 Å². The molecular weight excluding hydrogens is 567 g/mol. The lowest BCUT2D eigenvalue weighted by Gasteiger charge is -2.18. The first-order chi connectivity index (χ1) is 21.2. The Balaban J connectivity index is 1.45. The van der Waals surface area contributed by atoms with Crippen LogP contribution in [0.15, 0.2) is 120 Å². The van der Waals surface area contributed by atoms with Crippen molar-refractivity contribution in [1.82, 2.24) is 14.5 Å². The molecule has 0 saturated carbocycles. The fraction of sp³-hybridized carbons (Fsp3) is 0.0286. The van der Waals surface area contributed by atoms with Crippen molar-refractivity contribution in [1.29, 1.82) is 0 Å². The van der Waals surface area contributed by atoms with Gasteiger partial charge in [-0.1, -0.05) is 42.5 Å². The highest BCUT2D eigenvalue weighted by Gasteiger charge is 2.34. The van der Waals surface area contributed by atoms with Gasteiger partial charge in [0.05, 0.1) is 27.7 Å². The van der Waals surface area contributed by atoms with E-state index in [0.717, 1.165) is 28.1 Å². The Morgan fingerprint density at radius 2 is 1.45 bits per heavy atom. The first-order valence-electron chi connectivity index (χ1n) is 13.5. The van der Waals surface area contributed by atoms with E-state index in [1.807, 2.05) is 48.5 Å². The molecule has 0 spiro atoms. The first-order valence-corrected chi connectivity index (χ1v) is 13.5. The van der Waals surface area contributed by atoms with Crippen LogP contribution in [0.5, 0.6) is 0 Å². The van der Waals surface area contributed by atoms with Crippen LogP contribution in [0, 0.1) is 0 Å². The van der Waals surface area contributed by atoms with Gasteiger partial charge in [0.15, 0.2) is 0 Å². The summed E-state index contributed by atoms with van der Waals surface area (Å²) in [6.07, 6.45) is -1.41. The van der Waals surface area contributed by atoms with E-state index in [1.54, 1.807) is 18.5 Å². The fourth-order valence-corrected chi connectivity index (χ4v) is 5.53. The molecule has 0 saturated heterocycles. The summed E-state index contributed by atoms with van der Waals surface area (Å²) in [5, 5.41) is 11.3. The zero-order valence-electron chi connectivity index (χ0n) is 22.7. The second kappa shape index (κ2) is 10.2. The summed E-state index contributed by atoms with van der Waals surface area (Å²) in [6.45, 7) is 0. The number of halogens is 3. The second-order valence-electron chi connectivity index (χ2n) is 10.3. The summed E-state index contributed by atoms with van der Waals surface area (Å²) in [4.78, 5) is 33.7. The molecule has 7 rings (SSSR count). The molecule has 1 N–H and O–H groups in total. The quantitative estimate of drug-likeness (QED) is 0.210. The van der Waals surface area contributed by atoms with E-state index in [4.69, 9.17) is 0 Å². The molecule has 0 atom stereocenters. The summed E-state index contributed by atoms with van der Waals surface area (Å²) >= 11 is 0. The number of carboxylic acid groups (broad SMARTS) is 1. The number of nitrogens with zero attached hydrogens (tertiary/aromatic N) is 3. The number of alkyl halides is 3. The van der Waals surface area contributed by atoms with Crippen LogP contribution < -0.4 is 5.56 Å². The van der Waals surface area contributed by atoms with Crippen LogP contribution >= 0.6 is 0 Å². The van der Waals surface area contributed by atoms with Crippen LogP contribution in [0.1, 0.15) is 15.9 Å². The Kier molecular flexibility index (Phi) is 6.24. The average molecular weight is 588 g/mol. The number of hydrogen-bond acceptors (Lipinski definition) is 4. The van der Waals surface area contributed by atoms with Crippen molar-refractivity contribution in [2.45, 2.75) is 6.18 Å². The Hall–Kier alpha value is -5.83. The zero-order valence-corrected chi connectivity index (χ0v) is 22.7. The Morgan fingerprint density at radius 3 is 2.23 bits per heavy atom. The minimum absolute atomic E-state index is 0.0316. The van der Waals surface area contributed by atoms with Gasteiger partial charge in [0.1, 0.15) is 0 Å². The van der Waals surface area contributed by atoms with Crippen molar-refractivity contribution in [3.05, 3.63) is 137 Å². The van der Waals surface area contributed by atoms with E-state index in [0.29, 0.717) is 21.8 Å². The van der Waals surface area contributed by atoms with E-state index in [9.17, 15) is 27.9 Å². The van der Waals surface area contributed by atoms with Crippen LogP contribution in [-0.2, 0) is 6.18 Å². The Bertz CT molecular complexity index is 2330. The lowest BCUT2D eigenvalue weighted by Crippen LogP contribution is -2.19. The Morgan fingerprint density at radius 1 is 0.705 bits per heavy atom. The number of aromatic carboxylic acids is 1. The molecule has 0 bridgehead atoms. The summed E-state index contributed by atoms with van der Waals surface area (Å²) in [6, 6.07) is 27.1. The third-order valence-electron chi connectivity index (χ3n) is 7.65. The maximum Gasteiger partial charge on any atom is 0.417 e. The molecule has 0 aliphatic heterocycles. The van der Waals surface area contributed by atoms with E-state index in [1.165, 1.54) is 47.0 Å². The minimum Gasteiger partial charge on any atom is -0.478 e. The monoisotopic (exact) mass is 587 g/mol. The zero-order chi connectivity index (χ0) is 30.6. The van der Waals surface area contributed by atoms with Gasteiger partial charge in [-0.05, 0) is 71.3 Å². The SMILES string of the molecule is O=C(O)c1ccc(-c2ccc(-n3c(=O)ccc4cnc5ccc(-c6cnc7ccccc7c6)cc5c43)cc2C(F)(F)F)cc1. The number of rotatable bonds is 4. The molecule has 0 radical (unpaired) electrons. The topological polar surface area (TPSA) is 85.1 Å². The molecule has 44 heavy (non-hydrogen) atoms. The predicted molar refractivity (Wildman–Crippen MR) is 163 cm³/mol. The third-order valence-corrected chi connectivity index (χ3v) is 7.65. The minimum atomic E-state index is -4.76. The molecule has 0 fully saturated rings.